The fourth-order valence-corrected chi connectivity index (χ4v) is 5.13. The van der Waals surface area contributed by atoms with Crippen LogP contribution in [0, 0.1) is 6.92 Å². The summed E-state index contributed by atoms with van der Waals surface area (Å²) in [5, 5.41) is 6.98. The van der Waals surface area contributed by atoms with Gasteiger partial charge in [-0.1, -0.05) is 45.0 Å². The van der Waals surface area contributed by atoms with E-state index in [0.717, 1.165) is 28.0 Å². The van der Waals surface area contributed by atoms with E-state index in [1.165, 1.54) is 11.3 Å². The zero-order chi connectivity index (χ0) is 27.0. The number of aryl methyl sites for hydroxylation is 1. The monoisotopic (exact) mass is 516 g/mol. The standard InChI is InChI=1S/C30H36N4O2S/c1-20-31-24-10-8-9-11-25(24)33(20)18-26(35)34(23-14-12-22(13-15-23)29(2,3)4)27(21-16-17-37-19-21)28(36)32-30(5,6)7/h8-17,19,27H,18H2,1-7H3,(H,32,36). The molecule has 0 saturated carbocycles. The lowest BCUT2D eigenvalue weighted by Gasteiger charge is -2.34. The van der Waals surface area contributed by atoms with Crippen LogP contribution >= 0.6 is 11.3 Å². The van der Waals surface area contributed by atoms with E-state index in [1.54, 1.807) is 4.90 Å². The van der Waals surface area contributed by atoms with Crippen LogP contribution in [0.3, 0.4) is 0 Å². The van der Waals surface area contributed by atoms with Crippen LogP contribution in [0.4, 0.5) is 5.69 Å². The van der Waals surface area contributed by atoms with Gasteiger partial charge in [0.05, 0.1) is 11.0 Å². The molecular formula is C30H36N4O2S. The summed E-state index contributed by atoms with van der Waals surface area (Å²) in [6.07, 6.45) is 0. The molecule has 0 saturated heterocycles. The Hall–Kier alpha value is -3.45. The fourth-order valence-electron chi connectivity index (χ4n) is 4.45. The van der Waals surface area contributed by atoms with E-state index in [0.29, 0.717) is 5.69 Å². The van der Waals surface area contributed by atoms with Crippen molar-refractivity contribution in [2.75, 3.05) is 4.90 Å². The number of carbonyl (C=O) groups excluding carboxylic acids is 2. The Morgan fingerprint density at radius 2 is 1.68 bits per heavy atom. The van der Waals surface area contributed by atoms with Gasteiger partial charge in [0.15, 0.2) is 0 Å². The number of anilines is 1. The third-order valence-corrected chi connectivity index (χ3v) is 6.98. The zero-order valence-electron chi connectivity index (χ0n) is 22.7. The Kier molecular flexibility index (Phi) is 7.29. The highest BCUT2D eigenvalue weighted by Gasteiger charge is 2.35. The van der Waals surface area contributed by atoms with Crippen LogP contribution in [0.15, 0.2) is 65.4 Å². The van der Waals surface area contributed by atoms with E-state index in [-0.39, 0.29) is 23.8 Å². The van der Waals surface area contributed by atoms with E-state index in [4.69, 9.17) is 0 Å². The summed E-state index contributed by atoms with van der Waals surface area (Å²) in [6.45, 7) is 14.3. The first kappa shape index (κ1) is 26.6. The minimum Gasteiger partial charge on any atom is -0.349 e. The highest BCUT2D eigenvalue weighted by molar-refractivity contribution is 7.08. The molecule has 0 aliphatic heterocycles. The number of thiophene rings is 1. The molecule has 2 aromatic carbocycles. The number of rotatable bonds is 6. The van der Waals surface area contributed by atoms with Crippen LogP contribution in [0.1, 0.15) is 64.5 Å². The number of nitrogens with one attached hydrogen (secondary N) is 1. The van der Waals surface area contributed by atoms with Crippen LogP contribution in [-0.4, -0.2) is 26.9 Å². The molecule has 0 bridgehead atoms. The number of hydrogen-bond acceptors (Lipinski definition) is 4. The van der Waals surface area contributed by atoms with Gasteiger partial charge in [0.1, 0.15) is 18.4 Å². The Bertz CT molecular complexity index is 1390. The lowest BCUT2D eigenvalue weighted by molar-refractivity contribution is -0.127. The second-order valence-corrected chi connectivity index (χ2v) is 12.3. The molecule has 1 N–H and O–H groups in total. The van der Waals surface area contributed by atoms with Crippen LogP contribution in [0.25, 0.3) is 11.0 Å². The molecule has 4 rings (SSSR count). The largest absolute Gasteiger partial charge is 0.349 e. The Morgan fingerprint density at radius 3 is 2.27 bits per heavy atom. The normalized spacial score (nSPS) is 12.9. The van der Waals surface area contributed by atoms with Crippen molar-refractivity contribution in [3.63, 3.8) is 0 Å². The summed E-state index contributed by atoms with van der Waals surface area (Å²) in [5.41, 5.74) is 3.87. The Morgan fingerprint density at radius 1 is 1.00 bits per heavy atom. The second kappa shape index (κ2) is 10.1. The van der Waals surface area contributed by atoms with E-state index in [9.17, 15) is 9.59 Å². The maximum atomic E-state index is 14.2. The second-order valence-electron chi connectivity index (χ2n) is 11.5. The average molecular weight is 517 g/mol. The van der Waals surface area contributed by atoms with E-state index >= 15 is 0 Å². The number of benzene rings is 2. The van der Waals surface area contributed by atoms with Gasteiger partial charge in [0.25, 0.3) is 0 Å². The highest BCUT2D eigenvalue weighted by atomic mass is 32.1. The summed E-state index contributed by atoms with van der Waals surface area (Å²) >= 11 is 1.51. The van der Waals surface area contributed by atoms with Crippen molar-refractivity contribution < 1.29 is 9.59 Å². The minimum atomic E-state index is -0.812. The summed E-state index contributed by atoms with van der Waals surface area (Å²) in [5.74, 6) is 0.352. The molecule has 0 fully saturated rings. The maximum Gasteiger partial charge on any atom is 0.248 e. The molecule has 2 heterocycles. The predicted molar refractivity (Wildman–Crippen MR) is 152 cm³/mol. The zero-order valence-corrected chi connectivity index (χ0v) is 23.5. The summed E-state index contributed by atoms with van der Waals surface area (Å²) in [6, 6.07) is 16.9. The van der Waals surface area contributed by atoms with E-state index < -0.39 is 11.6 Å². The van der Waals surface area contributed by atoms with Gasteiger partial charge in [-0.2, -0.15) is 11.3 Å². The van der Waals surface area contributed by atoms with Crippen LogP contribution < -0.4 is 10.2 Å². The number of fused-ring (bicyclic) bond motifs is 1. The van der Waals surface area contributed by atoms with Crippen LogP contribution in [0.2, 0.25) is 0 Å². The van der Waals surface area contributed by atoms with Crippen LogP contribution in [0.5, 0.6) is 0 Å². The summed E-state index contributed by atoms with van der Waals surface area (Å²) in [7, 11) is 0. The van der Waals surface area contributed by atoms with Crippen LogP contribution in [-0.2, 0) is 21.5 Å². The first-order chi connectivity index (χ1) is 17.3. The molecule has 194 valence electrons. The number of nitrogens with zero attached hydrogens (tertiary/aromatic N) is 3. The molecule has 0 spiro atoms. The molecule has 0 radical (unpaired) electrons. The molecule has 4 aromatic rings. The minimum absolute atomic E-state index is 0.0312. The number of para-hydroxylation sites is 2. The first-order valence-electron chi connectivity index (χ1n) is 12.5. The Labute approximate surface area is 223 Å². The molecular weight excluding hydrogens is 480 g/mol. The lowest BCUT2D eigenvalue weighted by atomic mass is 9.87. The van der Waals surface area contributed by atoms with Gasteiger partial charge in [0, 0.05) is 11.2 Å². The van der Waals surface area contributed by atoms with Crippen molar-refractivity contribution in [1.82, 2.24) is 14.9 Å². The SMILES string of the molecule is Cc1nc2ccccc2n1CC(=O)N(c1ccc(C(C)(C)C)cc1)C(C(=O)NC(C)(C)C)c1ccsc1. The molecule has 6 nitrogen and oxygen atoms in total. The van der Waals surface area contributed by atoms with Crippen molar-refractivity contribution in [1.29, 1.82) is 0 Å². The van der Waals surface area contributed by atoms with Crippen molar-refractivity contribution in [3.05, 3.63) is 82.3 Å². The average Bonchev–Trinajstić information content (AvgIpc) is 3.44. The van der Waals surface area contributed by atoms with Gasteiger partial charge < -0.3 is 9.88 Å². The van der Waals surface area contributed by atoms with Gasteiger partial charge in [-0.15, -0.1) is 0 Å². The predicted octanol–water partition coefficient (Wildman–Crippen LogP) is 6.39. The van der Waals surface area contributed by atoms with Crippen molar-refractivity contribution in [2.45, 2.75) is 72.0 Å². The first-order valence-corrected chi connectivity index (χ1v) is 13.5. The summed E-state index contributed by atoms with van der Waals surface area (Å²) < 4.78 is 1.92. The number of amides is 2. The number of carbonyl (C=O) groups is 2. The van der Waals surface area contributed by atoms with E-state index in [1.807, 2.05) is 97.6 Å². The maximum absolute atomic E-state index is 14.2. The molecule has 2 amide bonds. The highest BCUT2D eigenvalue weighted by Crippen LogP contribution is 2.32. The van der Waals surface area contributed by atoms with Gasteiger partial charge >= 0.3 is 0 Å². The van der Waals surface area contributed by atoms with Crippen molar-refractivity contribution in [3.8, 4) is 0 Å². The quantitative estimate of drug-likeness (QED) is 0.323. The molecule has 0 aliphatic rings. The van der Waals surface area contributed by atoms with Gasteiger partial charge in [0.2, 0.25) is 11.8 Å². The number of hydrogen-bond donors (Lipinski definition) is 1. The number of aromatic nitrogens is 2. The van der Waals surface area contributed by atoms with Gasteiger partial charge in [-0.05, 0) is 85.3 Å². The molecule has 2 aromatic heterocycles. The molecule has 1 unspecified atom stereocenters. The third-order valence-electron chi connectivity index (χ3n) is 6.28. The molecule has 37 heavy (non-hydrogen) atoms. The smallest absolute Gasteiger partial charge is 0.248 e. The summed E-state index contributed by atoms with van der Waals surface area (Å²) in [4.78, 5) is 34.2. The van der Waals surface area contributed by atoms with E-state index in [2.05, 4.69) is 31.1 Å². The number of imidazole rings is 1. The molecule has 1 atom stereocenters. The van der Waals surface area contributed by atoms with Gasteiger partial charge in [-0.3, -0.25) is 14.5 Å². The van der Waals surface area contributed by atoms with Gasteiger partial charge in [-0.25, -0.2) is 4.98 Å². The topological polar surface area (TPSA) is 67.2 Å². The fraction of sp³-hybridized carbons (Fsp3) is 0.367. The van der Waals surface area contributed by atoms with Crippen molar-refractivity contribution >= 4 is 39.9 Å². The third kappa shape index (κ3) is 5.93. The molecule has 7 heteroatoms. The van der Waals surface area contributed by atoms with Crippen molar-refractivity contribution in [2.24, 2.45) is 0 Å². The lowest BCUT2D eigenvalue weighted by Crippen LogP contribution is -2.50. The Balaban J connectivity index is 1.82. The molecule has 0 aliphatic carbocycles.